The van der Waals surface area contributed by atoms with Crippen molar-refractivity contribution in [2.24, 2.45) is 17.8 Å². The Balaban J connectivity index is 1.12. The summed E-state index contributed by atoms with van der Waals surface area (Å²) in [5.74, 6) is 2.57. The van der Waals surface area contributed by atoms with Crippen LogP contribution in [0.1, 0.15) is 93.0 Å². The second-order valence-corrected chi connectivity index (χ2v) is 18.5. The van der Waals surface area contributed by atoms with E-state index in [0.29, 0.717) is 0 Å². The average Bonchev–Trinajstić information content (AvgIpc) is 3.88. The molecule has 2 heteroatoms. The van der Waals surface area contributed by atoms with Gasteiger partial charge in [-0.15, -0.1) is 0 Å². The van der Waals surface area contributed by atoms with Gasteiger partial charge in [-0.25, -0.2) is 0 Å². The van der Waals surface area contributed by atoms with Crippen LogP contribution in [0.3, 0.4) is 0 Å². The summed E-state index contributed by atoms with van der Waals surface area (Å²) in [5, 5.41) is 2.49. The molecule has 6 aromatic carbocycles. The molecule has 0 aliphatic heterocycles. The first kappa shape index (κ1) is 32.2. The van der Waals surface area contributed by atoms with Crippen molar-refractivity contribution in [1.82, 2.24) is 0 Å². The average molecular weight is 716 g/mol. The number of anilines is 3. The molecule has 0 saturated heterocycles. The number of para-hydroxylation sites is 1. The van der Waals surface area contributed by atoms with Gasteiger partial charge < -0.3 is 9.32 Å². The van der Waals surface area contributed by atoms with E-state index in [9.17, 15) is 0 Å². The van der Waals surface area contributed by atoms with E-state index in [1.54, 1.807) is 5.56 Å². The lowest BCUT2D eigenvalue weighted by molar-refractivity contribution is 0.266. The molecule has 272 valence electrons. The quantitative estimate of drug-likeness (QED) is 0.180. The molecule has 55 heavy (non-hydrogen) atoms. The molecule has 0 radical (unpaired) electrons. The number of aryl methyl sites for hydroxylation is 2. The number of furan rings is 1. The monoisotopic (exact) mass is 715 g/mol. The SMILES string of the molecule is CC1(C)c2ccccc2-c2ccc(N(c3ccc4c(c3)CCCCCc3ccccc3-4)c3cc(C45CC6CC(CC4C6)C5)cc4c3oc3ccccc34)cc21. The first-order valence-electron chi connectivity index (χ1n) is 21.2. The summed E-state index contributed by atoms with van der Waals surface area (Å²) in [6.07, 6.45) is 12.9. The van der Waals surface area contributed by atoms with Crippen molar-refractivity contribution in [3.8, 4) is 22.3 Å². The minimum absolute atomic E-state index is 0.0982. The van der Waals surface area contributed by atoms with Crippen molar-refractivity contribution in [2.45, 2.75) is 88.9 Å². The minimum Gasteiger partial charge on any atom is -0.454 e. The molecule has 6 aliphatic rings. The van der Waals surface area contributed by atoms with Crippen LogP contribution in [-0.2, 0) is 23.7 Å². The van der Waals surface area contributed by atoms with Gasteiger partial charge in [-0.2, -0.15) is 0 Å². The highest BCUT2D eigenvalue weighted by atomic mass is 16.3. The van der Waals surface area contributed by atoms with Crippen LogP contribution in [-0.4, -0.2) is 0 Å². The molecule has 4 fully saturated rings. The highest BCUT2D eigenvalue weighted by Crippen LogP contribution is 2.66. The zero-order valence-electron chi connectivity index (χ0n) is 32.2. The zero-order chi connectivity index (χ0) is 36.5. The zero-order valence-corrected chi connectivity index (χ0v) is 32.2. The molecule has 4 bridgehead atoms. The van der Waals surface area contributed by atoms with Gasteiger partial charge in [-0.1, -0.05) is 99.1 Å². The molecule has 6 aliphatic carbocycles. The third-order valence-electron chi connectivity index (χ3n) is 15.1. The van der Waals surface area contributed by atoms with E-state index >= 15 is 0 Å². The van der Waals surface area contributed by atoms with Gasteiger partial charge in [-0.05, 0) is 173 Å². The van der Waals surface area contributed by atoms with Gasteiger partial charge in [0.25, 0.3) is 0 Å². The van der Waals surface area contributed by atoms with Crippen LogP contribution in [0.4, 0.5) is 17.1 Å². The standard InChI is InChI=1S/C53H49NO/c1-52(2)47-18-10-8-16-43(47)44-23-21-40(30-48(44)52)54(39-20-22-42-36(27-39)14-5-3-4-12-35-13-6-7-15-41(35)42)49-29-38(53-31-33-24-34(32-53)26-37(53)25-33)28-46-45-17-9-11-19-50(45)55-51(46)49/h6-11,13,15-23,27-30,33-34,37H,3-5,12,14,24-26,31-32H2,1-2H3. The van der Waals surface area contributed by atoms with Crippen molar-refractivity contribution in [2.75, 3.05) is 4.90 Å². The van der Waals surface area contributed by atoms with Crippen molar-refractivity contribution >= 4 is 39.0 Å². The van der Waals surface area contributed by atoms with Gasteiger partial charge in [0.05, 0.1) is 5.69 Å². The predicted octanol–water partition coefficient (Wildman–Crippen LogP) is 14.4. The van der Waals surface area contributed by atoms with Crippen LogP contribution in [0.2, 0.25) is 0 Å². The van der Waals surface area contributed by atoms with E-state index in [4.69, 9.17) is 4.42 Å². The summed E-state index contributed by atoms with van der Waals surface area (Å²) >= 11 is 0. The Bertz CT molecular complexity index is 2680. The number of rotatable bonds is 4. The van der Waals surface area contributed by atoms with E-state index in [2.05, 4.69) is 140 Å². The van der Waals surface area contributed by atoms with Crippen molar-refractivity contribution in [3.05, 3.63) is 149 Å². The fourth-order valence-electron chi connectivity index (χ4n) is 12.8. The lowest BCUT2D eigenvalue weighted by atomic mass is 9.70. The maximum atomic E-state index is 7.02. The molecule has 7 aromatic rings. The van der Waals surface area contributed by atoms with Gasteiger partial charge in [0.1, 0.15) is 5.58 Å². The Kier molecular flexibility index (Phi) is 6.86. The number of hydrogen-bond acceptors (Lipinski definition) is 2. The summed E-state index contributed by atoms with van der Waals surface area (Å²) in [4.78, 5) is 2.59. The first-order valence-corrected chi connectivity index (χ1v) is 21.2. The fraction of sp³-hybridized carbons (Fsp3) is 0.321. The summed E-state index contributed by atoms with van der Waals surface area (Å²) in [6.45, 7) is 4.81. The van der Waals surface area contributed by atoms with Crippen molar-refractivity contribution in [3.63, 3.8) is 0 Å². The minimum atomic E-state index is -0.0982. The number of benzene rings is 6. The van der Waals surface area contributed by atoms with Crippen LogP contribution in [0.25, 0.3) is 44.2 Å². The van der Waals surface area contributed by atoms with E-state index in [1.165, 1.54) is 124 Å². The maximum absolute atomic E-state index is 7.02. The Labute approximate surface area is 325 Å². The van der Waals surface area contributed by atoms with Gasteiger partial charge >= 0.3 is 0 Å². The Morgan fingerprint density at radius 3 is 2.09 bits per heavy atom. The smallest absolute Gasteiger partial charge is 0.159 e. The van der Waals surface area contributed by atoms with E-state index in [1.807, 2.05) is 0 Å². The number of nitrogens with zero attached hydrogens (tertiary/aromatic N) is 1. The molecular weight excluding hydrogens is 667 g/mol. The molecule has 2 atom stereocenters. The summed E-state index contributed by atoms with van der Waals surface area (Å²) in [6, 6.07) is 46.7. The molecule has 4 saturated carbocycles. The highest BCUT2D eigenvalue weighted by molar-refractivity contribution is 6.11. The summed E-state index contributed by atoms with van der Waals surface area (Å²) in [7, 11) is 0. The Morgan fingerprint density at radius 2 is 1.24 bits per heavy atom. The topological polar surface area (TPSA) is 16.4 Å². The fourth-order valence-corrected chi connectivity index (χ4v) is 12.8. The van der Waals surface area contributed by atoms with Crippen LogP contribution in [0, 0.1) is 17.8 Å². The summed E-state index contributed by atoms with van der Waals surface area (Å²) < 4.78 is 7.02. The van der Waals surface area contributed by atoms with E-state index in [0.717, 1.165) is 41.8 Å². The first-order chi connectivity index (χ1) is 26.9. The molecule has 2 nitrogen and oxygen atoms in total. The Hall–Kier alpha value is -5.08. The molecule has 2 unspecified atom stereocenters. The lowest BCUT2D eigenvalue weighted by Crippen LogP contribution is -2.28. The molecule has 0 amide bonds. The van der Waals surface area contributed by atoms with Crippen molar-refractivity contribution < 1.29 is 4.42 Å². The van der Waals surface area contributed by atoms with Gasteiger partial charge in [0.15, 0.2) is 5.58 Å². The number of fused-ring (bicyclic) bond motifs is 9. The third-order valence-corrected chi connectivity index (χ3v) is 15.1. The largest absolute Gasteiger partial charge is 0.454 e. The molecular formula is C53H49NO. The van der Waals surface area contributed by atoms with Crippen molar-refractivity contribution in [1.29, 1.82) is 0 Å². The molecule has 1 aromatic heterocycles. The summed E-state index contributed by atoms with van der Waals surface area (Å²) in [5.41, 5.74) is 18.6. The predicted molar refractivity (Wildman–Crippen MR) is 228 cm³/mol. The Morgan fingerprint density at radius 1 is 0.564 bits per heavy atom. The molecule has 13 rings (SSSR count). The van der Waals surface area contributed by atoms with Gasteiger partial charge in [0.2, 0.25) is 0 Å². The molecule has 0 spiro atoms. The lowest BCUT2D eigenvalue weighted by Gasteiger charge is -2.35. The third kappa shape index (κ3) is 4.67. The van der Waals surface area contributed by atoms with E-state index < -0.39 is 0 Å². The molecule has 0 N–H and O–H groups in total. The maximum Gasteiger partial charge on any atom is 0.159 e. The van der Waals surface area contributed by atoms with Crippen LogP contribution < -0.4 is 4.90 Å². The normalized spacial score (nSPS) is 24.2. The van der Waals surface area contributed by atoms with Crippen LogP contribution >= 0.6 is 0 Å². The molecule has 1 heterocycles. The highest BCUT2D eigenvalue weighted by Gasteiger charge is 2.58. The van der Waals surface area contributed by atoms with E-state index in [-0.39, 0.29) is 10.8 Å². The second kappa shape index (κ2) is 11.7. The number of hydrogen-bond donors (Lipinski definition) is 0. The van der Waals surface area contributed by atoms with Crippen LogP contribution in [0.5, 0.6) is 0 Å². The van der Waals surface area contributed by atoms with Gasteiger partial charge in [0, 0.05) is 27.6 Å². The second-order valence-electron chi connectivity index (χ2n) is 18.5. The van der Waals surface area contributed by atoms with Crippen LogP contribution in [0.15, 0.2) is 126 Å². The van der Waals surface area contributed by atoms with Gasteiger partial charge in [-0.3, -0.25) is 0 Å².